The van der Waals surface area contributed by atoms with Crippen molar-refractivity contribution in [1.82, 2.24) is 19.7 Å². The minimum absolute atomic E-state index is 0.219. The number of carbonyl (C=O) groups is 1. The predicted octanol–water partition coefficient (Wildman–Crippen LogP) is 2.22. The fourth-order valence-corrected chi connectivity index (χ4v) is 4.09. The molecule has 0 atom stereocenters. The average Bonchev–Trinajstić information content (AvgIpc) is 3.34. The summed E-state index contributed by atoms with van der Waals surface area (Å²) in [5.74, 6) is 0. The van der Waals surface area contributed by atoms with Gasteiger partial charge in [-0.05, 0) is 24.6 Å². The summed E-state index contributed by atoms with van der Waals surface area (Å²) in [6.45, 7) is 6.65. The number of allylic oxidation sites excluding steroid dienone is 1. The van der Waals surface area contributed by atoms with Crippen LogP contribution in [0.1, 0.15) is 29.8 Å². The van der Waals surface area contributed by atoms with Crippen molar-refractivity contribution in [3.8, 4) is 0 Å². The number of ether oxygens (including phenoxy) is 2. The van der Waals surface area contributed by atoms with Crippen LogP contribution in [-0.2, 0) is 15.9 Å². The van der Waals surface area contributed by atoms with Crippen LogP contribution >= 0.6 is 0 Å². The van der Waals surface area contributed by atoms with E-state index in [0.29, 0.717) is 25.7 Å². The van der Waals surface area contributed by atoms with Gasteiger partial charge >= 0.3 is 6.09 Å². The Kier molecular flexibility index (Phi) is 4.71. The van der Waals surface area contributed by atoms with Crippen LogP contribution in [0.5, 0.6) is 0 Å². The molecule has 2 saturated heterocycles. The van der Waals surface area contributed by atoms with Crippen molar-refractivity contribution in [2.45, 2.75) is 19.4 Å². The van der Waals surface area contributed by atoms with E-state index in [1.807, 2.05) is 24.0 Å². The fraction of sp³-hybridized carbons (Fsp3) is 0.476. The van der Waals surface area contributed by atoms with E-state index in [1.165, 1.54) is 16.8 Å². The molecule has 4 heterocycles. The Labute approximate surface area is 169 Å². The lowest BCUT2D eigenvalue weighted by Gasteiger charge is -2.36. The topological polar surface area (TPSA) is 72.7 Å². The highest BCUT2D eigenvalue weighted by Gasteiger charge is 2.27. The van der Waals surface area contributed by atoms with Crippen molar-refractivity contribution < 1.29 is 14.3 Å². The van der Waals surface area contributed by atoms with Crippen molar-refractivity contribution in [2.24, 2.45) is 0 Å². The molecule has 152 valence electrons. The molecule has 2 aromatic rings. The maximum Gasteiger partial charge on any atom is 0.409 e. The van der Waals surface area contributed by atoms with Crippen LogP contribution in [0, 0.1) is 0 Å². The lowest BCUT2D eigenvalue weighted by molar-refractivity contribution is -0.0286. The summed E-state index contributed by atoms with van der Waals surface area (Å²) in [7, 11) is 0. The van der Waals surface area contributed by atoms with Crippen LogP contribution in [0.4, 0.5) is 10.5 Å². The molecule has 2 aromatic heterocycles. The third kappa shape index (κ3) is 3.37. The van der Waals surface area contributed by atoms with Gasteiger partial charge in [0.1, 0.15) is 0 Å². The molecule has 29 heavy (non-hydrogen) atoms. The van der Waals surface area contributed by atoms with Crippen LogP contribution in [0.2, 0.25) is 0 Å². The molecule has 5 rings (SSSR count). The molecule has 8 nitrogen and oxygen atoms in total. The minimum atomic E-state index is -0.219. The largest absolute Gasteiger partial charge is 0.450 e. The summed E-state index contributed by atoms with van der Waals surface area (Å²) in [6.07, 6.45) is 8.78. The summed E-state index contributed by atoms with van der Waals surface area (Å²) in [5.41, 5.74) is 5.87. The molecule has 0 aromatic carbocycles. The number of rotatable bonds is 4. The number of nitrogens with zero attached hydrogens (tertiary/aromatic N) is 5. The van der Waals surface area contributed by atoms with Gasteiger partial charge < -0.3 is 19.3 Å². The number of hydrogen-bond acceptors (Lipinski definition) is 6. The van der Waals surface area contributed by atoms with E-state index < -0.39 is 0 Å². The fourth-order valence-electron chi connectivity index (χ4n) is 4.09. The third-order valence-corrected chi connectivity index (χ3v) is 5.84. The van der Waals surface area contributed by atoms with E-state index in [9.17, 15) is 4.79 Å². The van der Waals surface area contributed by atoms with Crippen molar-refractivity contribution in [3.05, 3.63) is 41.5 Å². The van der Waals surface area contributed by atoms with Gasteiger partial charge in [-0.15, -0.1) is 0 Å². The average molecular weight is 395 g/mol. The first-order valence-corrected chi connectivity index (χ1v) is 10.2. The molecule has 0 saturated carbocycles. The van der Waals surface area contributed by atoms with E-state index in [-0.39, 0.29) is 6.09 Å². The first kappa shape index (κ1) is 18.2. The van der Waals surface area contributed by atoms with Crippen molar-refractivity contribution in [1.29, 1.82) is 0 Å². The molecule has 8 heteroatoms. The zero-order valence-electron chi connectivity index (χ0n) is 16.6. The number of aromatic nitrogens is 3. The van der Waals surface area contributed by atoms with Gasteiger partial charge in [-0.25, -0.2) is 4.79 Å². The highest BCUT2D eigenvalue weighted by atomic mass is 16.6. The molecular formula is C21H25N5O3. The second-order valence-electron chi connectivity index (χ2n) is 7.61. The van der Waals surface area contributed by atoms with E-state index in [2.05, 4.69) is 33.3 Å². The van der Waals surface area contributed by atoms with E-state index in [1.54, 1.807) is 4.90 Å². The number of amides is 1. The van der Waals surface area contributed by atoms with E-state index in [0.717, 1.165) is 44.0 Å². The highest BCUT2D eigenvalue weighted by molar-refractivity contribution is 5.91. The van der Waals surface area contributed by atoms with Gasteiger partial charge in [-0.1, -0.05) is 0 Å². The Morgan fingerprint density at radius 1 is 1.28 bits per heavy atom. The first-order valence-electron chi connectivity index (χ1n) is 10.2. The molecule has 0 N–H and O–H groups in total. The van der Waals surface area contributed by atoms with E-state index in [4.69, 9.17) is 9.47 Å². The zero-order chi connectivity index (χ0) is 19.8. The van der Waals surface area contributed by atoms with Crippen molar-refractivity contribution in [2.75, 3.05) is 50.9 Å². The van der Waals surface area contributed by atoms with Gasteiger partial charge in [-0.3, -0.25) is 9.67 Å². The standard InChI is InChI=1S/C21H25N5O3/c1-2-29-21(27)25-7-5-24(6-8-25)20-3-4-22-19-10-15(9-18(19)20)16-11-23-26(12-16)17-13-28-14-17/h3-4,9,11-12,17H,2,5-8,10,13-14H2,1H3. The number of piperazine rings is 1. The molecule has 1 aliphatic carbocycles. The monoisotopic (exact) mass is 395 g/mol. The van der Waals surface area contributed by atoms with Gasteiger partial charge in [0.05, 0.1) is 37.8 Å². The molecule has 0 spiro atoms. The Balaban J connectivity index is 1.33. The first-order chi connectivity index (χ1) is 14.2. The normalized spacial score (nSPS) is 19.0. The summed E-state index contributed by atoms with van der Waals surface area (Å²) < 4.78 is 12.4. The number of pyridine rings is 1. The number of hydrogen-bond donors (Lipinski definition) is 0. The Hall–Kier alpha value is -2.87. The SMILES string of the molecule is CCOC(=O)N1CCN(c2ccnc3c2C=C(c2cnn(C4COC4)c2)C3)CC1. The lowest BCUT2D eigenvalue weighted by Crippen LogP contribution is -2.49. The molecule has 0 unspecified atom stereocenters. The second-order valence-corrected chi connectivity index (χ2v) is 7.61. The Morgan fingerprint density at radius 3 is 2.83 bits per heavy atom. The number of fused-ring (bicyclic) bond motifs is 1. The summed E-state index contributed by atoms with van der Waals surface area (Å²) >= 11 is 0. The Morgan fingerprint density at radius 2 is 2.10 bits per heavy atom. The molecule has 1 amide bonds. The lowest BCUT2D eigenvalue weighted by atomic mass is 10.1. The molecule has 3 aliphatic rings. The quantitative estimate of drug-likeness (QED) is 0.791. The third-order valence-electron chi connectivity index (χ3n) is 5.84. The predicted molar refractivity (Wildman–Crippen MR) is 109 cm³/mol. The summed E-state index contributed by atoms with van der Waals surface area (Å²) in [4.78, 5) is 20.7. The molecular weight excluding hydrogens is 370 g/mol. The molecule has 0 bridgehead atoms. The van der Waals surface area contributed by atoms with Gasteiger partial charge in [0.15, 0.2) is 0 Å². The van der Waals surface area contributed by atoms with Crippen LogP contribution in [-0.4, -0.2) is 71.8 Å². The zero-order valence-corrected chi connectivity index (χ0v) is 16.6. The van der Waals surface area contributed by atoms with Gasteiger partial charge in [-0.2, -0.15) is 5.10 Å². The van der Waals surface area contributed by atoms with Gasteiger partial charge in [0.25, 0.3) is 0 Å². The molecule has 2 fully saturated rings. The van der Waals surface area contributed by atoms with Crippen LogP contribution in [0.25, 0.3) is 11.6 Å². The van der Waals surface area contributed by atoms with Gasteiger partial charge in [0.2, 0.25) is 0 Å². The van der Waals surface area contributed by atoms with Crippen LogP contribution < -0.4 is 4.90 Å². The maximum absolute atomic E-state index is 12.0. The van der Waals surface area contributed by atoms with Crippen LogP contribution in [0.15, 0.2) is 24.7 Å². The van der Waals surface area contributed by atoms with Crippen LogP contribution in [0.3, 0.4) is 0 Å². The number of anilines is 1. The second kappa shape index (κ2) is 7.51. The highest BCUT2D eigenvalue weighted by Crippen LogP contribution is 2.36. The minimum Gasteiger partial charge on any atom is -0.450 e. The van der Waals surface area contributed by atoms with Gasteiger partial charge in [0, 0.05) is 61.8 Å². The number of carbonyl (C=O) groups excluding carboxylic acids is 1. The maximum atomic E-state index is 12.0. The van der Waals surface area contributed by atoms with E-state index >= 15 is 0 Å². The molecule has 0 radical (unpaired) electrons. The summed E-state index contributed by atoms with van der Waals surface area (Å²) in [6, 6.07) is 2.44. The van der Waals surface area contributed by atoms with Crippen molar-refractivity contribution >= 4 is 23.4 Å². The molecule has 2 aliphatic heterocycles. The Bertz CT molecular complexity index is 942. The van der Waals surface area contributed by atoms with Crippen molar-refractivity contribution in [3.63, 3.8) is 0 Å². The smallest absolute Gasteiger partial charge is 0.409 e. The summed E-state index contributed by atoms with van der Waals surface area (Å²) in [5, 5.41) is 4.51.